The highest BCUT2D eigenvalue weighted by molar-refractivity contribution is 7.80. The van der Waals surface area contributed by atoms with Crippen LogP contribution in [0.1, 0.15) is 13.3 Å². The summed E-state index contributed by atoms with van der Waals surface area (Å²) in [5.41, 5.74) is 0. The Bertz CT molecular complexity index is 417. The van der Waals surface area contributed by atoms with Gasteiger partial charge in [-0.15, -0.1) is 13.2 Å². The third-order valence-corrected chi connectivity index (χ3v) is 3.05. The minimum atomic E-state index is -4.16. The van der Waals surface area contributed by atoms with Crippen LogP contribution < -0.4 is 5.32 Å². The van der Waals surface area contributed by atoms with Gasteiger partial charge in [-0.2, -0.15) is 8.42 Å². The van der Waals surface area contributed by atoms with Crippen molar-refractivity contribution in [2.45, 2.75) is 13.3 Å². The molecule has 2 N–H and O–H groups in total. The molecule has 0 aromatic heterocycles. The fourth-order valence-corrected chi connectivity index (χ4v) is 1.66. The molecular formula is C12H22N2O4S. The Morgan fingerprint density at radius 3 is 2.47 bits per heavy atom. The van der Waals surface area contributed by atoms with E-state index in [1.807, 2.05) is 12.2 Å². The molecule has 0 amide bonds. The zero-order valence-corrected chi connectivity index (χ0v) is 12.2. The van der Waals surface area contributed by atoms with Crippen molar-refractivity contribution >= 4 is 16.2 Å². The van der Waals surface area contributed by atoms with E-state index in [1.54, 1.807) is 0 Å². The van der Waals surface area contributed by atoms with Crippen LogP contribution in [0, 0.1) is 11.8 Å². The maximum atomic E-state index is 9.33. The minimum Gasteiger partial charge on any atom is -0.371 e. The average molecular weight is 290 g/mol. The summed E-state index contributed by atoms with van der Waals surface area (Å²) in [5.74, 6) is 2.00. The topological polar surface area (TPSA) is 88.0 Å². The van der Waals surface area contributed by atoms with Gasteiger partial charge in [-0.25, -0.2) is 0 Å². The van der Waals surface area contributed by atoms with Gasteiger partial charge in [-0.3, -0.25) is 13.7 Å². The molecule has 2 atom stereocenters. The van der Waals surface area contributed by atoms with Crippen LogP contribution in [-0.4, -0.2) is 39.0 Å². The lowest BCUT2D eigenvalue weighted by Gasteiger charge is -2.19. The Hall–Kier alpha value is -1.18. The van der Waals surface area contributed by atoms with E-state index in [1.165, 1.54) is 0 Å². The normalized spacial score (nSPS) is 17.3. The molecule has 2 unspecified atom stereocenters. The largest absolute Gasteiger partial charge is 0.397 e. The van der Waals surface area contributed by atoms with Crippen molar-refractivity contribution in [2.75, 3.05) is 20.2 Å². The summed E-state index contributed by atoms with van der Waals surface area (Å²) >= 11 is 0. The summed E-state index contributed by atoms with van der Waals surface area (Å²) in [6, 6.07) is 0. The monoisotopic (exact) mass is 290 g/mol. The molecule has 110 valence electrons. The van der Waals surface area contributed by atoms with Crippen molar-refractivity contribution in [2.24, 2.45) is 16.8 Å². The first kappa shape index (κ1) is 17.8. The van der Waals surface area contributed by atoms with Crippen molar-refractivity contribution in [1.29, 1.82) is 0 Å². The summed E-state index contributed by atoms with van der Waals surface area (Å²) in [6.45, 7) is 11.7. The number of aliphatic imine (C=N–C) groups is 1. The number of hydrogen-bond acceptors (Lipinski definition) is 5. The molecule has 0 saturated carbocycles. The molecular weight excluding hydrogens is 268 g/mol. The summed E-state index contributed by atoms with van der Waals surface area (Å²) in [4.78, 5) is 4.41. The Morgan fingerprint density at radius 2 is 2.16 bits per heavy atom. The highest BCUT2D eigenvalue weighted by Crippen LogP contribution is 2.19. The second kappa shape index (κ2) is 8.84. The van der Waals surface area contributed by atoms with Crippen LogP contribution in [0.4, 0.5) is 0 Å². The smallest absolute Gasteiger partial charge is 0.371 e. The van der Waals surface area contributed by atoms with Gasteiger partial charge in [0.2, 0.25) is 0 Å². The summed E-state index contributed by atoms with van der Waals surface area (Å²) in [7, 11) is -3.29. The number of allylic oxidation sites excluding steroid dienone is 1. The van der Waals surface area contributed by atoms with Crippen molar-refractivity contribution in [3.63, 3.8) is 0 Å². The van der Waals surface area contributed by atoms with Crippen LogP contribution in [0.15, 0.2) is 30.3 Å². The lowest BCUT2D eigenvalue weighted by molar-refractivity contribution is 0.324. The van der Waals surface area contributed by atoms with E-state index in [0.717, 1.165) is 32.5 Å². The lowest BCUT2D eigenvalue weighted by Crippen LogP contribution is -2.29. The molecule has 6 nitrogen and oxygen atoms in total. The highest BCUT2D eigenvalue weighted by Gasteiger charge is 2.20. The molecule has 1 rings (SSSR count). The van der Waals surface area contributed by atoms with Crippen LogP contribution in [0.5, 0.6) is 0 Å². The van der Waals surface area contributed by atoms with E-state index < -0.39 is 10.4 Å². The van der Waals surface area contributed by atoms with E-state index in [4.69, 9.17) is 4.55 Å². The van der Waals surface area contributed by atoms with E-state index in [2.05, 4.69) is 34.6 Å². The molecule has 7 heteroatoms. The van der Waals surface area contributed by atoms with Gasteiger partial charge < -0.3 is 5.32 Å². The van der Waals surface area contributed by atoms with Gasteiger partial charge in [-0.05, 0) is 12.3 Å². The van der Waals surface area contributed by atoms with Crippen molar-refractivity contribution in [3.05, 3.63) is 25.3 Å². The lowest BCUT2D eigenvalue weighted by atomic mass is 9.90. The number of nitrogens with zero attached hydrogens (tertiary/aromatic N) is 1. The second-order valence-corrected chi connectivity index (χ2v) is 5.24. The first-order chi connectivity index (χ1) is 8.85. The van der Waals surface area contributed by atoms with Crippen LogP contribution in [0.25, 0.3) is 0 Å². The van der Waals surface area contributed by atoms with Gasteiger partial charge in [0.15, 0.2) is 0 Å². The van der Waals surface area contributed by atoms with E-state index >= 15 is 0 Å². The van der Waals surface area contributed by atoms with Gasteiger partial charge in [0.05, 0.1) is 13.7 Å². The minimum absolute atomic E-state index is 0.362. The molecule has 19 heavy (non-hydrogen) atoms. The molecule has 0 aliphatic carbocycles. The Morgan fingerprint density at radius 1 is 1.58 bits per heavy atom. The Balaban J connectivity index is 0.000000459. The number of amidine groups is 1. The van der Waals surface area contributed by atoms with Gasteiger partial charge in [0.25, 0.3) is 0 Å². The Kier molecular flexibility index (Phi) is 8.29. The van der Waals surface area contributed by atoms with Crippen LogP contribution in [-0.2, 0) is 14.6 Å². The summed E-state index contributed by atoms with van der Waals surface area (Å²) in [6.07, 6.45) is 4.94. The molecule has 0 aromatic rings. The fourth-order valence-electron chi connectivity index (χ4n) is 1.66. The zero-order chi connectivity index (χ0) is 14.9. The average Bonchev–Trinajstić information content (AvgIpc) is 2.84. The van der Waals surface area contributed by atoms with Gasteiger partial charge in [-0.1, -0.05) is 19.1 Å². The van der Waals surface area contributed by atoms with Gasteiger partial charge >= 0.3 is 10.4 Å². The van der Waals surface area contributed by atoms with Crippen LogP contribution in [0.2, 0.25) is 0 Å². The third-order valence-electron chi connectivity index (χ3n) is 2.63. The van der Waals surface area contributed by atoms with Crippen molar-refractivity contribution < 1.29 is 17.2 Å². The second-order valence-electron chi connectivity index (χ2n) is 4.05. The quantitative estimate of drug-likeness (QED) is 0.571. The summed E-state index contributed by atoms with van der Waals surface area (Å²) < 4.78 is 29.7. The first-order valence-corrected chi connectivity index (χ1v) is 7.27. The van der Waals surface area contributed by atoms with E-state index in [9.17, 15) is 8.42 Å². The van der Waals surface area contributed by atoms with Gasteiger partial charge in [0.1, 0.15) is 5.84 Å². The number of hydrogen-bond donors (Lipinski definition) is 2. The Labute approximate surface area is 115 Å². The predicted octanol–water partition coefficient (Wildman–Crippen LogP) is 1.44. The number of nitrogens with one attached hydrogen (secondary N) is 1. The third kappa shape index (κ3) is 7.76. The molecule has 0 radical (unpaired) electrons. The SMILES string of the molecule is C=CCC(C)C(C=C)C1=NCCN1.COS(=O)(=O)O. The standard InChI is InChI=1S/C11H18N2.CH4O4S/c1-4-6-9(3)10(5-2)11-12-7-8-13-11;1-5-6(2,3)4/h4-5,9-10H,1-2,6-8H2,3H3,(H,12,13);1H3,(H,2,3,4). The van der Waals surface area contributed by atoms with Gasteiger partial charge in [0, 0.05) is 12.5 Å². The van der Waals surface area contributed by atoms with Crippen molar-refractivity contribution in [3.8, 4) is 0 Å². The van der Waals surface area contributed by atoms with E-state index in [-0.39, 0.29) is 0 Å². The molecule has 0 spiro atoms. The molecule has 1 aliphatic heterocycles. The molecule has 0 fully saturated rings. The highest BCUT2D eigenvalue weighted by atomic mass is 32.3. The fraction of sp³-hybridized carbons (Fsp3) is 0.583. The molecule has 1 heterocycles. The van der Waals surface area contributed by atoms with Crippen LogP contribution >= 0.6 is 0 Å². The predicted molar refractivity (Wildman–Crippen MR) is 76.5 cm³/mol. The maximum Gasteiger partial charge on any atom is 0.397 e. The van der Waals surface area contributed by atoms with E-state index in [0.29, 0.717) is 11.8 Å². The molecule has 0 saturated heterocycles. The number of rotatable bonds is 6. The van der Waals surface area contributed by atoms with Crippen molar-refractivity contribution in [1.82, 2.24) is 5.32 Å². The maximum absolute atomic E-state index is 9.33. The summed E-state index contributed by atoms with van der Waals surface area (Å²) in [5, 5.41) is 3.29. The first-order valence-electron chi connectivity index (χ1n) is 5.90. The zero-order valence-electron chi connectivity index (χ0n) is 11.4. The molecule has 1 aliphatic rings. The van der Waals surface area contributed by atoms with Crippen LogP contribution in [0.3, 0.4) is 0 Å². The molecule has 0 aromatic carbocycles. The molecule has 0 bridgehead atoms.